The lowest BCUT2D eigenvalue weighted by molar-refractivity contribution is 0.435. The minimum Gasteiger partial charge on any atom is -0.349 e. The van der Waals surface area contributed by atoms with E-state index in [9.17, 15) is 0 Å². The molecule has 2 unspecified atom stereocenters. The fourth-order valence-corrected chi connectivity index (χ4v) is 8.17. The van der Waals surface area contributed by atoms with Crippen LogP contribution in [0.5, 0.6) is 0 Å². The van der Waals surface area contributed by atoms with E-state index in [-0.39, 0.29) is 12.2 Å². The van der Waals surface area contributed by atoms with E-state index in [0.717, 1.165) is 61.9 Å². The van der Waals surface area contributed by atoms with E-state index in [0.29, 0.717) is 5.84 Å². The molecule has 0 aromatic heterocycles. The molecule has 59 heavy (non-hydrogen) atoms. The zero-order valence-electron chi connectivity index (χ0n) is 32.7. The summed E-state index contributed by atoms with van der Waals surface area (Å²) in [4.78, 5) is 17.7. The molecule has 1 N–H and O–H groups in total. The summed E-state index contributed by atoms with van der Waals surface area (Å²) in [6.45, 7) is 0. The van der Waals surface area contributed by atoms with Crippen molar-refractivity contribution in [3.05, 3.63) is 246 Å². The maximum Gasteiger partial charge on any atom is 0.159 e. The lowest BCUT2D eigenvalue weighted by Gasteiger charge is -2.33. The summed E-state index contributed by atoms with van der Waals surface area (Å²) in [7, 11) is 2.14. The van der Waals surface area contributed by atoms with Gasteiger partial charge in [0.25, 0.3) is 0 Å². The Balaban J connectivity index is 1.02. The van der Waals surface area contributed by atoms with Crippen molar-refractivity contribution in [3.8, 4) is 22.3 Å². The first-order valence-electron chi connectivity index (χ1n) is 20.1. The molecule has 2 heterocycles. The van der Waals surface area contributed by atoms with Crippen LogP contribution < -0.4 is 5.32 Å². The first kappa shape index (κ1) is 35.8. The monoisotopic (exact) mass is 759 g/mol. The molecule has 0 saturated carbocycles. The molecule has 0 saturated heterocycles. The van der Waals surface area contributed by atoms with E-state index in [4.69, 9.17) is 15.0 Å². The second kappa shape index (κ2) is 15.7. The Bertz CT molecular complexity index is 2880. The molecule has 5 nitrogen and oxygen atoms in total. The normalized spacial score (nSPS) is 16.4. The molecular weight excluding hydrogens is 719 g/mol. The van der Waals surface area contributed by atoms with Crippen molar-refractivity contribution < 1.29 is 0 Å². The van der Waals surface area contributed by atoms with Crippen molar-refractivity contribution in [2.24, 2.45) is 15.0 Å². The molecule has 282 valence electrons. The van der Waals surface area contributed by atoms with Crippen LogP contribution >= 0.6 is 0 Å². The topological polar surface area (TPSA) is 52.3 Å². The van der Waals surface area contributed by atoms with Crippen LogP contribution in [-0.4, -0.2) is 29.5 Å². The Morgan fingerprint density at radius 1 is 0.458 bits per heavy atom. The van der Waals surface area contributed by atoms with Crippen molar-refractivity contribution in [2.45, 2.75) is 12.2 Å². The van der Waals surface area contributed by atoms with Gasteiger partial charge in [0, 0.05) is 23.7 Å². The molecule has 0 radical (unpaired) electrons. The van der Waals surface area contributed by atoms with Crippen molar-refractivity contribution in [1.29, 1.82) is 0 Å². The van der Waals surface area contributed by atoms with Crippen LogP contribution in [0.15, 0.2) is 227 Å². The number of aliphatic imine (C=N–C) groups is 3. The predicted molar refractivity (Wildman–Crippen MR) is 245 cm³/mol. The maximum absolute atomic E-state index is 5.27. The third kappa shape index (κ3) is 7.15. The summed E-state index contributed by atoms with van der Waals surface area (Å²) >= 11 is 0. The van der Waals surface area contributed by atoms with Crippen LogP contribution in [0.1, 0.15) is 45.6 Å². The van der Waals surface area contributed by atoms with Crippen molar-refractivity contribution in [3.63, 3.8) is 0 Å². The molecular formula is C54H41N5. The molecule has 2 atom stereocenters. The van der Waals surface area contributed by atoms with Gasteiger partial charge >= 0.3 is 0 Å². The molecule has 0 amide bonds. The van der Waals surface area contributed by atoms with Gasteiger partial charge in [-0.05, 0) is 55.8 Å². The Hall–Kier alpha value is -7.63. The van der Waals surface area contributed by atoms with Crippen molar-refractivity contribution in [2.75, 3.05) is 7.05 Å². The van der Waals surface area contributed by atoms with Gasteiger partial charge in [-0.3, -0.25) is 0 Å². The highest BCUT2D eigenvalue weighted by molar-refractivity contribution is 6.13. The third-order valence-corrected chi connectivity index (χ3v) is 11.2. The van der Waals surface area contributed by atoms with Gasteiger partial charge in [0.05, 0.1) is 11.7 Å². The number of hydrogen-bond acceptors (Lipinski definition) is 5. The maximum atomic E-state index is 5.27. The van der Waals surface area contributed by atoms with E-state index >= 15 is 0 Å². The molecule has 0 spiro atoms. The van der Waals surface area contributed by atoms with E-state index in [1.807, 2.05) is 42.5 Å². The van der Waals surface area contributed by atoms with Crippen LogP contribution in [0.4, 0.5) is 0 Å². The fraction of sp³-hybridized carbons (Fsp3) is 0.0556. The summed E-state index contributed by atoms with van der Waals surface area (Å²) < 4.78 is 0. The number of fused-ring (bicyclic) bond motifs is 1. The highest BCUT2D eigenvalue weighted by Crippen LogP contribution is 2.39. The fourth-order valence-electron chi connectivity index (χ4n) is 8.17. The Morgan fingerprint density at radius 3 is 1.71 bits per heavy atom. The predicted octanol–water partition coefficient (Wildman–Crippen LogP) is 12.1. The van der Waals surface area contributed by atoms with Gasteiger partial charge in [0.1, 0.15) is 17.8 Å². The molecule has 8 aromatic carbocycles. The Morgan fingerprint density at radius 2 is 1.02 bits per heavy atom. The van der Waals surface area contributed by atoms with Gasteiger partial charge < -0.3 is 10.2 Å². The molecule has 8 aromatic rings. The van der Waals surface area contributed by atoms with Gasteiger partial charge in [-0.1, -0.05) is 206 Å². The quantitative estimate of drug-likeness (QED) is 0.168. The molecule has 0 fully saturated rings. The highest BCUT2D eigenvalue weighted by atomic mass is 15.2. The molecule has 2 aliphatic rings. The minimum atomic E-state index is -0.252. The van der Waals surface area contributed by atoms with Crippen molar-refractivity contribution >= 4 is 34.0 Å². The Labute approximate surface area is 345 Å². The largest absolute Gasteiger partial charge is 0.349 e. The van der Waals surface area contributed by atoms with Gasteiger partial charge in [0.2, 0.25) is 0 Å². The number of nitrogens with zero attached hydrogens (tertiary/aromatic N) is 4. The third-order valence-electron chi connectivity index (χ3n) is 11.2. The zero-order valence-corrected chi connectivity index (χ0v) is 32.7. The number of rotatable bonds is 8. The van der Waals surface area contributed by atoms with Crippen LogP contribution in [0.25, 0.3) is 38.7 Å². The smallest absolute Gasteiger partial charge is 0.159 e. The standard InChI is InChI=1S/C54H41N5/c1-59-49(40-19-8-3-9-20-40)36-48(39-17-6-2-7-18-39)55-54(59)45-32-28-41(29-33-45)50-46-25-15-14-16-37(46)34-35-47(50)38-26-30-44(31-27-38)53-57-51(42-21-10-4-11-22-42)56-52(58-53)43-23-12-5-13-24-43/h2-36,49,51H,1H3,(H,56,57,58). The number of hydrogen-bond donors (Lipinski definition) is 1. The molecule has 0 bridgehead atoms. The average Bonchev–Trinajstić information content (AvgIpc) is 3.32. The first-order chi connectivity index (χ1) is 29.2. The SMILES string of the molecule is CN1C(c2ccc(-c3c(-c4ccc(C5=NC(c6ccccc6)NC(c6ccccc6)=N5)cc4)ccc4ccccc34)cc2)=NC(c2ccccc2)=CC1c1ccccc1. The minimum absolute atomic E-state index is 0.0434. The Kier molecular flexibility index (Phi) is 9.53. The van der Waals surface area contributed by atoms with Gasteiger partial charge in [-0.15, -0.1) is 0 Å². The second-order valence-corrected chi connectivity index (χ2v) is 14.9. The number of amidine groups is 3. The first-order valence-corrected chi connectivity index (χ1v) is 20.1. The number of nitrogens with one attached hydrogen (secondary N) is 1. The van der Waals surface area contributed by atoms with Crippen LogP contribution in [0.3, 0.4) is 0 Å². The van der Waals surface area contributed by atoms with Crippen molar-refractivity contribution in [1.82, 2.24) is 10.2 Å². The lowest BCUT2D eigenvalue weighted by Crippen LogP contribution is -2.33. The van der Waals surface area contributed by atoms with E-state index in [2.05, 4.69) is 187 Å². The average molecular weight is 760 g/mol. The summed E-state index contributed by atoms with van der Waals surface area (Å²) in [6, 6.07) is 72.5. The van der Waals surface area contributed by atoms with E-state index in [1.165, 1.54) is 21.9 Å². The summed E-state index contributed by atoms with van der Waals surface area (Å²) in [6.07, 6.45) is 2.02. The number of benzene rings is 8. The van der Waals surface area contributed by atoms with Gasteiger partial charge in [-0.2, -0.15) is 0 Å². The molecule has 2 aliphatic heterocycles. The zero-order chi connectivity index (χ0) is 39.5. The summed E-state index contributed by atoms with van der Waals surface area (Å²) in [5, 5.41) is 5.97. The molecule has 10 rings (SSSR count). The summed E-state index contributed by atoms with van der Waals surface area (Å²) in [5.74, 6) is 2.45. The van der Waals surface area contributed by atoms with Gasteiger partial charge in [0.15, 0.2) is 5.84 Å². The van der Waals surface area contributed by atoms with Crippen LogP contribution in [0, 0.1) is 0 Å². The molecule has 0 aliphatic carbocycles. The lowest BCUT2D eigenvalue weighted by atomic mass is 9.89. The van der Waals surface area contributed by atoms with Crippen LogP contribution in [-0.2, 0) is 0 Å². The number of likely N-dealkylation sites (N-methyl/N-ethyl adjacent to an activating group) is 1. The summed E-state index contributed by atoms with van der Waals surface area (Å²) in [5.41, 5.74) is 12.1. The van der Waals surface area contributed by atoms with Gasteiger partial charge in [-0.25, -0.2) is 15.0 Å². The van der Waals surface area contributed by atoms with E-state index in [1.54, 1.807) is 0 Å². The van der Waals surface area contributed by atoms with E-state index < -0.39 is 0 Å². The van der Waals surface area contributed by atoms with Crippen LogP contribution in [0.2, 0.25) is 0 Å². The highest BCUT2D eigenvalue weighted by Gasteiger charge is 2.26. The second-order valence-electron chi connectivity index (χ2n) is 14.9. The molecule has 5 heteroatoms.